The van der Waals surface area contributed by atoms with Crippen LogP contribution in [-0.2, 0) is 15.8 Å². The van der Waals surface area contributed by atoms with Crippen LogP contribution in [0.25, 0.3) is 5.57 Å². The molecule has 1 aromatic carbocycles. The van der Waals surface area contributed by atoms with E-state index in [0.29, 0.717) is 0 Å². The summed E-state index contributed by atoms with van der Waals surface area (Å²) >= 11 is 0. The number of Topliss-reactive ketones (excluding diaryl/α,β-unsaturated/α-hetero) is 2. The zero-order valence-electron chi connectivity index (χ0n) is 15.1. The molecule has 0 saturated carbocycles. The molecule has 0 unspecified atom stereocenters. The van der Waals surface area contributed by atoms with Crippen LogP contribution in [0.3, 0.4) is 0 Å². The number of aliphatic hydroxyl groups is 1. The molecule has 1 N–H and O–H groups in total. The Balaban J connectivity index is 2.63. The number of allylic oxidation sites excluding steroid dienone is 4. The molecule has 1 aromatic rings. The summed E-state index contributed by atoms with van der Waals surface area (Å²) in [6.45, 7) is 6.17. The van der Waals surface area contributed by atoms with Gasteiger partial charge in [-0.2, -0.15) is 13.2 Å². The van der Waals surface area contributed by atoms with Crippen LogP contribution in [0.2, 0.25) is 0 Å². The summed E-state index contributed by atoms with van der Waals surface area (Å²) in [5, 5.41) is 9.95. The minimum atomic E-state index is -4.55. The Labute approximate surface area is 150 Å². The van der Waals surface area contributed by atoms with Crippen molar-refractivity contribution in [2.75, 3.05) is 0 Å². The lowest BCUT2D eigenvalue weighted by Crippen LogP contribution is -2.24. The number of carbonyl (C=O) groups excluding carboxylic acids is 2. The third kappa shape index (κ3) is 4.12. The van der Waals surface area contributed by atoms with Crippen molar-refractivity contribution in [1.29, 1.82) is 0 Å². The van der Waals surface area contributed by atoms with E-state index in [9.17, 15) is 27.9 Å². The Hall–Kier alpha value is -2.21. The summed E-state index contributed by atoms with van der Waals surface area (Å²) < 4.78 is 39.1. The first-order valence-electron chi connectivity index (χ1n) is 8.23. The van der Waals surface area contributed by atoms with Crippen molar-refractivity contribution in [3.63, 3.8) is 0 Å². The molecule has 1 aliphatic rings. The number of hydrogen-bond acceptors (Lipinski definition) is 3. The Morgan fingerprint density at radius 2 is 1.58 bits per heavy atom. The second kappa shape index (κ2) is 6.83. The Kier molecular flexibility index (Phi) is 5.29. The first-order valence-corrected chi connectivity index (χ1v) is 8.23. The maximum Gasteiger partial charge on any atom is 0.416 e. The zero-order valence-corrected chi connectivity index (χ0v) is 15.1. The second-order valence-electron chi connectivity index (χ2n) is 7.15. The van der Waals surface area contributed by atoms with Gasteiger partial charge >= 0.3 is 6.18 Å². The SMILES string of the molecule is CC1=C(C)C(=O)C(c2cccc(C(F)(F)F)c2)=C(CCC(C)(C)O)C1=O. The summed E-state index contributed by atoms with van der Waals surface area (Å²) in [6.07, 6.45) is -4.24. The molecule has 0 saturated heterocycles. The largest absolute Gasteiger partial charge is 0.416 e. The van der Waals surface area contributed by atoms with Crippen molar-refractivity contribution < 1.29 is 27.9 Å². The minimum absolute atomic E-state index is 0.00606. The average molecular weight is 366 g/mol. The van der Waals surface area contributed by atoms with Crippen LogP contribution < -0.4 is 0 Å². The smallest absolute Gasteiger partial charge is 0.390 e. The van der Waals surface area contributed by atoms with Crippen LogP contribution >= 0.6 is 0 Å². The first kappa shape index (κ1) is 20.1. The molecule has 1 aliphatic carbocycles. The van der Waals surface area contributed by atoms with Crippen LogP contribution in [0.4, 0.5) is 13.2 Å². The molecule has 0 aromatic heterocycles. The van der Waals surface area contributed by atoms with E-state index >= 15 is 0 Å². The lowest BCUT2D eigenvalue weighted by Gasteiger charge is -2.24. The molecule has 6 heteroatoms. The summed E-state index contributed by atoms with van der Waals surface area (Å²) in [7, 11) is 0. The van der Waals surface area contributed by atoms with Gasteiger partial charge in [0.15, 0.2) is 11.6 Å². The fourth-order valence-electron chi connectivity index (χ4n) is 2.83. The summed E-state index contributed by atoms with van der Waals surface area (Å²) in [5.74, 6) is -0.814. The minimum Gasteiger partial charge on any atom is -0.390 e. The molecule has 0 fully saturated rings. The molecule has 140 valence electrons. The third-order valence-corrected chi connectivity index (χ3v) is 4.51. The molecule has 2 rings (SSSR count). The highest BCUT2D eigenvalue weighted by Crippen LogP contribution is 2.37. The molecule has 0 aliphatic heterocycles. The van der Waals surface area contributed by atoms with Crippen molar-refractivity contribution in [1.82, 2.24) is 0 Å². The van der Waals surface area contributed by atoms with Gasteiger partial charge in [-0.1, -0.05) is 12.1 Å². The highest BCUT2D eigenvalue weighted by Gasteiger charge is 2.34. The van der Waals surface area contributed by atoms with Crippen LogP contribution in [0.5, 0.6) is 0 Å². The Bertz CT molecular complexity index is 821. The maximum absolute atomic E-state index is 13.0. The molecule has 0 amide bonds. The van der Waals surface area contributed by atoms with Crippen molar-refractivity contribution in [2.24, 2.45) is 0 Å². The van der Waals surface area contributed by atoms with E-state index in [1.54, 1.807) is 13.8 Å². The highest BCUT2D eigenvalue weighted by atomic mass is 19.4. The Morgan fingerprint density at radius 3 is 2.12 bits per heavy atom. The maximum atomic E-state index is 13.0. The van der Waals surface area contributed by atoms with Gasteiger partial charge in [-0.3, -0.25) is 9.59 Å². The van der Waals surface area contributed by atoms with E-state index in [2.05, 4.69) is 0 Å². The third-order valence-electron chi connectivity index (χ3n) is 4.51. The van der Waals surface area contributed by atoms with Crippen LogP contribution in [0.1, 0.15) is 51.7 Å². The molecule has 0 bridgehead atoms. The first-order chi connectivity index (χ1) is 11.8. The van der Waals surface area contributed by atoms with Gasteiger partial charge in [0.1, 0.15) is 0 Å². The number of halogens is 3. The molecular weight excluding hydrogens is 345 g/mol. The number of alkyl halides is 3. The van der Waals surface area contributed by atoms with Gasteiger partial charge < -0.3 is 5.11 Å². The van der Waals surface area contributed by atoms with Crippen molar-refractivity contribution in [2.45, 2.75) is 52.3 Å². The molecule has 0 atom stereocenters. The second-order valence-corrected chi connectivity index (χ2v) is 7.15. The number of carbonyl (C=O) groups is 2. The number of ketones is 2. The van der Waals surface area contributed by atoms with E-state index in [1.807, 2.05) is 0 Å². The van der Waals surface area contributed by atoms with Crippen LogP contribution in [0, 0.1) is 0 Å². The molecule has 26 heavy (non-hydrogen) atoms. The topological polar surface area (TPSA) is 54.4 Å². The average Bonchev–Trinajstić information content (AvgIpc) is 2.53. The molecule has 0 spiro atoms. The predicted molar refractivity (Wildman–Crippen MR) is 92.3 cm³/mol. The lowest BCUT2D eigenvalue weighted by atomic mass is 9.79. The standard InChI is InChI=1S/C20H21F3O3/c1-11-12(2)18(25)16(15(17(11)24)8-9-19(3,4)26)13-6-5-7-14(10-13)20(21,22)23/h5-7,10,26H,8-9H2,1-4H3. The summed E-state index contributed by atoms with van der Waals surface area (Å²) in [4.78, 5) is 25.5. The number of benzene rings is 1. The predicted octanol–water partition coefficient (Wildman–Crippen LogP) is 4.50. The van der Waals surface area contributed by atoms with Crippen molar-refractivity contribution in [3.8, 4) is 0 Å². The number of rotatable bonds is 4. The summed E-state index contributed by atoms with van der Waals surface area (Å²) in [5.41, 5.74) is -1.22. The molecular formula is C20H21F3O3. The van der Waals surface area contributed by atoms with E-state index in [1.165, 1.54) is 26.0 Å². The van der Waals surface area contributed by atoms with Gasteiger partial charge in [-0.25, -0.2) is 0 Å². The van der Waals surface area contributed by atoms with Gasteiger partial charge in [0.25, 0.3) is 0 Å². The fraction of sp³-hybridized carbons (Fsp3) is 0.400. The number of hydrogen-bond donors (Lipinski definition) is 1. The fourth-order valence-corrected chi connectivity index (χ4v) is 2.83. The van der Waals surface area contributed by atoms with E-state index in [4.69, 9.17) is 0 Å². The van der Waals surface area contributed by atoms with Crippen molar-refractivity contribution >= 4 is 17.1 Å². The van der Waals surface area contributed by atoms with E-state index < -0.39 is 23.1 Å². The Morgan fingerprint density at radius 1 is 1.00 bits per heavy atom. The van der Waals surface area contributed by atoms with Gasteiger partial charge in [-0.15, -0.1) is 0 Å². The van der Waals surface area contributed by atoms with Crippen LogP contribution in [-0.4, -0.2) is 22.3 Å². The van der Waals surface area contributed by atoms with Gasteiger partial charge in [0.05, 0.1) is 11.2 Å². The van der Waals surface area contributed by atoms with Gasteiger partial charge in [0, 0.05) is 22.3 Å². The quantitative estimate of drug-likeness (QED) is 0.799. The highest BCUT2D eigenvalue weighted by molar-refractivity contribution is 6.39. The molecule has 0 heterocycles. The van der Waals surface area contributed by atoms with Gasteiger partial charge in [0.2, 0.25) is 0 Å². The normalized spacial score (nSPS) is 16.6. The van der Waals surface area contributed by atoms with E-state index in [-0.39, 0.29) is 46.5 Å². The van der Waals surface area contributed by atoms with Crippen molar-refractivity contribution in [3.05, 3.63) is 52.1 Å². The lowest BCUT2D eigenvalue weighted by molar-refractivity contribution is -0.137. The zero-order chi connectivity index (χ0) is 19.9. The summed E-state index contributed by atoms with van der Waals surface area (Å²) in [6, 6.07) is 4.42. The monoisotopic (exact) mass is 366 g/mol. The molecule has 3 nitrogen and oxygen atoms in total. The van der Waals surface area contributed by atoms with E-state index in [0.717, 1.165) is 12.1 Å². The van der Waals surface area contributed by atoms with Gasteiger partial charge in [-0.05, 0) is 58.2 Å². The van der Waals surface area contributed by atoms with Crippen LogP contribution in [0.15, 0.2) is 41.0 Å². The molecule has 0 radical (unpaired) electrons.